The van der Waals surface area contributed by atoms with Crippen LogP contribution in [0.15, 0.2) is 146 Å². The van der Waals surface area contributed by atoms with Crippen LogP contribution in [0.3, 0.4) is 0 Å². The Kier molecular flexibility index (Phi) is 5.59. The van der Waals surface area contributed by atoms with Gasteiger partial charge in [-0.15, -0.1) is 0 Å². The van der Waals surface area contributed by atoms with E-state index in [-0.39, 0.29) is 103 Å². The molecule has 0 aliphatic carbocycles. The Morgan fingerprint density at radius 2 is 0.781 bits per heavy atom. The number of aromatic nitrogens is 4. The van der Waals surface area contributed by atoms with Crippen molar-refractivity contribution < 1.29 is 78.6 Å². The van der Waals surface area contributed by atoms with Crippen LogP contribution in [-0.2, 0) is 28.2 Å². The van der Waals surface area contributed by atoms with Gasteiger partial charge in [0, 0.05) is 98.0 Å². The zero-order valence-corrected chi connectivity index (χ0v) is 36.4. The van der Waals surface area contributed by atoms with Gasteiger partial charge in [-0.2, -0.15) is 0 Å². The van der Waals surface area contributed by atoms with Crippen LogP contribution < -0.4 is 18.3 Å². The zero-order chi connectivity index (χ0) is 84.3. The molecule has 0 aliphatic heterocycles. The quantitative estimate of drug-likeness (QED) is 0.157. The molecule has 0 radical (unpaired) electrons. The molecule has 0 unspecified atom stereocenters. The lowest BCUT2D eigenvalue weighted by atomic mass is 10.0. The van der Waals surface area contributed by atoms with Crippen molar-refractivity contribution in [3.8, 4) is 45.0 Å². The summed E-state index contributed by atoms with van der Waals surface area (Å²) in [5, 5.41) is 0. The Balaban J connectivity index is 0.000000258. The molecule has 0 amide bonds. The number of benzene rings is 4. The summed E-state index contributed by atoms with van der Waals surface area (Å²) >= 11 is 0. The summed E-state index contributed by atoms with van der Waals surface area (Å²) in [6.45, 7) is -12.3. The first-order valence-electron chi connectivity index (χ1n) is 40.9. The molecule has 0 saturated carbocycles. The molecule has 0 N–H and O–H groups in total. The third kappa shape index (κ3) is 12.3. The Morgan fingerprint density at radius 1 is 0.328 bits per heavy atom. The van der Waals surface area contributed by atoms with Gasteiger partial charge in [-0.3, -0.25) is 0 Å². The first-order chi connectivity index (χ1) is 48.5. The maximum absolute atomic E-state index is 8.42. The Hall–Kier alpha value is -6.52. The number of nitrogens with zero attached hydrogens (tertiary/aromatic N) is 4. The van der Waals surface area contributed by atoms with Crippen LogP contribution in [0.2, 0.25) is 0 Å². The molecule has 328 valence electrons. The summed E-state index contributed by atoms with van der Waals surface area (Å²) < 4.78 is 349. The van der Waals surface area contributed by atoms with Crippen molar-refractivity contribution in [3.05, 3.63) is 212 Å². The van der Waals surface area contributed by atoms with Crippen molar-refractivity contribution in [2.75, 3.05) is 0 Å². The van der Waals surface area contributed by atoms with E-state index in [0.29, 0.717) is 5.56 Å². The first-order valence-corrected chi connectivity index (χ1v) is 18.9. The van der Waals surface area contributed by atoms with Crippen LogP contribution in [-0.4, -0.2) is 0 Å². The van der Waals surface area contributed by atoms with Gasteiger partial charge in [0.05, 0.1) is 26.0 Å². The molecule has 4 nitrogen and oxygen atoms in total. The van der Waals surface area contributed by atoms with Gasteiger partial charge in [0.2, 0.25) is 22.8 Å². The minimum atomic E-state index is -3.02. The van der Waals surface area contributed by atoms with Crippen LogP contribution in [0, 0.1) is 82.6 Å². The van der Waals surface area contributed by atoms with Gasteiger partial charge in [0.1, 0.15) is 33.7 Å². The van der Waals surface area contributed by atoms with Gasteiger partial charge in [0.25, 0.3) is 0 Å². The zero-order valence-electron chi connectivity index (χ0n) is 80.4. The molecule has 8 aromatic rings. The average molecular weight is 894 g/mol. The maximum atomic E-state index is 8.42. The molecular weight excluding hydrogens is 777 g/mol. The molecule has 4 heterocycles. The van der Waals surface area contributed by atoms with Crippen LogP contribution >= 0.6 is 0 Å². The largest absolute Gasteiger partial charge is 0.212 e. The fourth-order valence-electron chi connectivity index (χ4n) is 5.81. The second kappa shape index (κ2) is 21.7. The van der Waals surface area contributed by atoms with Crippen LogP contribution in [0.5, 0.6) is 0 Å². The molecule has 0 saturated heterocycles. The van der Waals surface area contributed by atoms with Crippen molar-refractivity contribution in [1.82, 2.24) is 0 Å². The van der Waals surface area contributed by atoms with Gasteiger partial charge in [0.15, 0.2) is 24.7 Å². The highest BCUT2D eigenvalue weighted by Gasteiger charge is 2.16. The number of aryl methyl sites for hydroxylation is 1. The molecule has 0 spiro atoms. The monoisotopic (exact) mass is 893 g/mol. The highest BCUT2D eigenvalue weighted by molar-refractivity contribution is 5.64. The Bertz CT molecular complexity index is 4730. The Labute approximate surface area is 447 Å². The molecule has 0 fully saturated rings. The second-order valence-corrected chi connectivity index (χ2v) is 13.9. The van der Waals surface area contributed by atoms with Crippen molar-refractivity contribution in [2.45, 2.75) is 82.6 Å². The predicted molar refractivity (Wildman–Crippen MR) is 269 cm³/mol. The Morgan fingerprint density at radius 3 is 1.34 bits per heavy atom. The summed E-state index contributed by atoms with van der Waals surface area (Å²) in [5.74, 6) is 0. The summed E-state index contributed by atoms with van der Waals surface area (Å²) in [6.07, 6.45) is -1.84. The lowest BCUT2D eigenvalue weighted by Gasteiger charge is -2.07. The predicted octanol–water partition coefficient (Wildman–Crippen LogP) is 12.4. The van der Waals surface area contributed by atoms with Crippen LogP contribution in [0.1, 0.15) is 127 Å². The third-order valence-corrected chi connectivity index (χ3v) is 9.06. The van der Waals surface area contributed by atoms with Gasteiger partial charge < -0.3 is 0 Å². The van der Waals surface area contributed by atoms with Gasteiger partial charge in [-0.1, -0.05) is 71.1 Å². The molecule has 4 aromatic carbocycles. The molecule has 64 heavy (non-hydrogen) atoms. The van der Waals surface area contributed by atoms with Crippen molar-refractivity contribution in [3.63, 3.8) is 0 Å². The summed E-state index contributed by atoms with van der Waals surface area (Å²) in [6, 6.07) is -8.41. The molecule has 8 rings (SSSR count). The fourth-order valence-corrected chi connectivity index (χ4v) is 5.81. The van der Waals surface area contributed by atoms with Crippen molar-refractivity contribution in [2.24, 2.45) is 28.2 Å². The lowest BCUT2D eigenvalue weighted by Crippen LogP contribution is -2.31. The number of hydrogen-bond donors (Lipinski definition) is 0. The van der Waals surface area contributed by atoms with Gasteiger partial charge >= 0.3 is 0 Å². The van der Waals surface area contributed by atoms with Crippen LogP contribution in [0.25, 0.3) is 45.0 Å². The van der Waals surface area contributed by atoms with E-state index in [2.05, 4.69) is 0 Å². The van der Waals surface area contributed by atoms with E-state index in [4.69, 9.17) is 60.3 Å². The van der Waals surface area contributed by atoms with Crippen molar-refractivity contribution >= 4 is 0 Å². The number of rotatable bonds is 4. The van der Waals surface area contributed by atoms with Gasteiger partial charge in [-0.25, -0.2) is 18.3 Å². The standard InChI is InChI=1S/C16H20N.2C15H18N.C14H16N/c1-11-6-7-15(13(3)8-11)16-9-12(2)14(4)10-17(16)5;1-11-5-7-14(13(3)9-11)15-8-6-12(2)10-16(15)4;1-11-7-5-6-8-14(11)15-9-12(2)13(3)10-16(15)4;1-11-7-8-13(12(2)10-11)14-6-4-5-9-15(14)3/h6-10H,1-5H3;2*5-10H,1-4H3;4-10H,1-3H3/q4*+1/i1D3,4D3,6D,7D,8D,10D;1D3,2D3,5D,6D,7D,8D,9D,10D;2D3,3D3,5D,6D,7D,8D,9D,10D;1D3,4D,5D,6D,7D,8D,9D,10D. The molecule has 0 bridgehead atoms. The first kappa shape index (κ1) is 16.5. The van der Waals surface area contributed by atoms with E-state index >= 15 is 0 Å². The average Bonchev–Trinajstić information content (AvgIpc) is 0.740. The van der Waals surface area contributed by atoms with Gasteiger partial charge in [-0.05, 0) is 152 Å². The lowest BCUT2D eigenvalue weighted by molar-refractivity contribution is -0.660. The van der Waals surface area contributed by atoms with E-state index < -0.39 is 190 Å². The van der Waals surface area contributed by atoms with E-state index in [1.165, 1.54) is 66.5 Å². The number of hydrogen-bond acceptors (Lipinski definition) is 0. The van der Waals surface area contributed by atoms with E-state index in [0.717, 1.165) is 13.7 Å². The molecule has 4 heteroatoms. The fraction of sp³-hybridized carbons (Fsp3) is 0.267. The molecule has 0 aliphatic rings. The highest BCUT2D eigenvalue weighted by atomic mass is 14.9. The molecule has 4 aromatic heterocycles. The molecule has 0 atom stereocenters. The van der Waals surface area contributed by atoms with Crippen molar-refractivity contribution in [1.29, 1.82) is 0 Å². The van der Waals surface area contributed by atoms with E-state index in [1.807, 2.05) is 0 Å². The minimum Gasteiger partial charge on any atom is -0.201 e. The van der Waals surface area contributed by atoms with Crippen LogP contribution in [0.4, 0.5) is 0 Å². The normalized spacial score (nSPS) is 21.8. The van der Waals surface area contributed by atoms with E-state index in [1.54, 1.807) is 6.92 Å². The highest BCUT2D eigenvalue weighted by Crippen LogP contribution is 2.25. The minimum absolute atomic E-state index is 0.00309. The SMILES string of the molecule is [2H]c1c([2H])c(C([2H])([2H])[2H])c([2H])c(C)c1-c1c([2H])c([2H])c(C([2H])([2H])[2H])c([2H])[n+]1C.[2H]c1c([2H])c(C([2H])([2H])[2H])c([2H])c(C)c1-c1cc(C)c(C([2H])([2H])[2H])c([2H])[n+]1C.[2H]c1c([2H])c([2H])[n+](C)c(-c2c([2H])c([2H])c(C([2H])([2H])[2H])c([2H])c2C)c1[2H].[2H]c1c([2H])c([2H])c(-c2c([2H])c(C([2H])([2H])[2H])c(C([2H])([2H])[2H])c([2H])[n+]2C)c(C)c1[2H]. The summed E-state index contributed by atoms with van der Waals surface area (Å²) in [4.78, 5) is 0. The smallest absolute Gasteiger partial charge is 0.201 e. The second-order valence-electron chi connectivity index (χ2n) is 13.9. The molecular formula is C60H72N4+4. The number of pyridine rings is 4. The van der Waals surface area contributed by atoms with E-state index in [9.17, 15) is 0 Å². The maximum Gasteiger partial charge on any atom is 0.212 e. The summed E-state index contributed by atoms with van der Waals surface area (Å²) in [5.41, 5.74) is -3.71. The topological polar surface area (TPSA) is 15.5 Å². The summed E-state index contributed by atoms with van der Waals surface area (Å²) in [7, 11) is 5.40. The third-order valence-electron chi connectivity index (χ3n) is 9.06.